The number of aromatic nitrogens is 2. The molecule has 1 aromatic heterocycles. The van der Waals surface area contributed by atoms with Crippen LogP contribution in [0.15, 0.2) is 35.5 Å². The molecule has 0 unspecified atom stereocenters. The van der Waals surface area contributed by atoms with Gasteiger partial charge in [-0.25, -0.2) is 18.4 Å². The van der Waals surface area contributed by atoms with Crippen molar-refractivity contribution in [2.75, 3.05) is 11.8 Å². The second kappa shape index (κ2) is 5.82. The van der Waals surface area contributed by atoms with E-state index < -0.39 is 10.0 Å². The first-order valence-corrected chi connectivity index (χ1v) is 7.51. The van der Waals surface area contributed by atoms with Crippen LogP contribution in [0.2, 0.25) is 10.2 Å². The number of sulfonamides is 1. The summed E-state index contributed by atoms with van der Waals surface area (Å²) in [5.74, 6) is 0.105. The fourth-order valence-corrected chi connectivity index (χ4v) is 2.97. The van der Waals surface area contributed by atoms with E-state index in [9.17, 15) is 8.42 Å². The van der Waals surface area contributed by atoms with Crippen molar-refractivity contribution in [3.63, 3.8) is 0 Å². The number of nitrogens with zero attached hydrogens (tertiary/aromatic N) is 2. The first kappa shape index (κ1) is 14.8. The lowest BCUT2D eigenvalue weighted by atomic mass is 10.3. The first-order valence-electron chi connectivity index (χ1n) is 5.27. The average molecular weight is 334 g/mol. The monoisotopic (exact) mass is 333 g/mol. The molecule has 1 aromatic carbocycles. The number of benzene rings is 1. The first-order chi connectivity index (χ1) is 9.45. The van der Waals surface area contributed by atoms with Crippen LogP contribution in [0.1, 0.15) is 0 Å². The summed E-state index contributed by atoms with van der Waals surface area (Å²) in [5.41, 5.74) is 0. The van der Waals surface area contributed by atoms with Crippen LogP contribution in [0, 0.1) is 0 Å². The van der Waals surface area contributed by atoms with E-state index in [4.69, 9.17) is 27.9 Å². The molecular weight excluding hydrogens is 325 g/mol. The third kappa shape index (κ3) is 2.95. The Hall–Kier alpha value is -1.57. The number of anilines is 1. The summed E-state index contributed by atoms with van der Waals surface area (Å²) in [6.45, 7) is 0. The minimum Gasteiger partial charge on any atom is -0.495 e. The van der Waals surface area contributed by atoms with E-state index in [0.29, 0.717) is 0 Å². The summed E-state index contributed by atoms with van der Waals surface area (Å²) in [5, 5.41) is -0.118. The van der Waals surface area contributed by atoms with Crippen LogP contribution in [0.25, 0.3) is 0 Å². The van der Waals surface area contributed by atoms with Gasteiger partial charge in [0.05, 0.1) is 7.11 Å². The molecule has 9 heteroatoms. The van der Waals surface area contributed by atoms with Crippen LogP contribution in [0.3, 0.4) is 0 Å². The van der Waals surface area contributed by atoms with Gasteiger partial charge in [-0.05, 0) is 12.1 Å². The molecule has 1 heterocycles. The highest BCUT2D eigenvalue weighted by atomic mass is 35.5. The van der Waals surface area contributed by atoms with E-state index in [1.807, 2.05) is 0 Å². The van der Waals surface area contributed by atoms with E-state index in [1.54, 1.807) is 12.1 Å². The largest absolute Gasteiger partial charge is 0.495 e. The van der Waals surface area contributed by atoms with E-state index in [1.165, 1.54) is 19.2 Å². The zero-order valence-corrected chi connectivity index (χ0v) is 12.5. The van der Waals surface area contributed by atoms with E-state index in [0.717, 1.165) is 6.33 Å². The Kier molecular flexibility index (Phi) is 4.32. The maximum absolute atomic E-state index is 12.3. The molecule has 20 heavy (non-hydrogen) atoms. The van der Waals surface area contributed by atoms with Gasteiger partial charge in [0.15, 0.2) is 11.0 Å². The Morgan fingerprint density at radius 1 is 1.20 bits per heavy atom. The van der Waals surface area contributed by atoms with Gasteiger partial charge in [0.2, 0.25) is 0 Å². The molecule has 0 amide bonds. The van der Waals surface area contributed by atoms with Gasteiger partial charge in [-0.1, -0.05) is 35.3 Å². The molecule has 0 saturated heterocycles. The van der Waals surface area contributed by atoms with Crippen molar-refractivity contribution in [3.8, 4) is 5.75 Å². The number of halogens is 2. The van der Waals surface area contributed by atoms with Gasteiger partial charge < -0.3 is 4.74 Å². The third-order valence-electron chi connectivity index (χ3n) is 2.34. The van der Waals surface area contributed by atoms with Gasteiger partial charge in [-0.2, -0.15) is 0 Å². The van der Waals surface area contributed by atoms with Gasteiger partial charge in [0.1, 0.15) is 22.0 Å². The van der Waals surface area contributed by atoms with Crippen molar-refractivity contribution in [2.24, 2.45) is 0 Å². The lowest BCUT2D eigenvalue weighted by Crippen LogP contribution is -2.15. The SMILES string of the molecule is COc1ccccc1S(=O)(=O)Nc1ncnc(Cl)c1Cl. The molecule has 0 fully saturated rings. The summed E-state index contributed by atoms with van der Waals surface area (Å²) in [6.07, 6.45) is 1.11. The van der Waals surface area contributed by atoms with Crippen molar-refractivity contribution in [2.45, 2.75) is 4.90 Å². The van der Waals surface area contributed by atoms with Crippen molar-refractivity contribution < 1.29 is 13.2 Å². The number of para-hydroxylation sites is 1. The quantitative estimate of drug-likeness (QED) is 0.869. The molecule has 0 spiro atoms. The molecule has 0 bridgehead atoms. The zero-order valence-electron chi connectivity index (χ0n) is 10.2. The molecule has 1 N–H and O–H groups in total. The predicted octanol–water partition coefficient (Wildman–Crippen LogP) is 2.59. The van der Waals surface area contributed by atoms with Crippen LogP contribution >= 0.6 is 23.2 Å². The van der Waals surface area contributed by atoms with E-state index in [-0.39, 0.29) is 26.6 Å². The summed E-state index contributed by atoms with van der Waals surface area (Å²) in [7, 11) is -2.53. The molecule has 0 aliphatic heterocycles. The zero-order chi connectivity index (χ0) is 14.8. The second-order valence-electron chi connectivity index (χ2n) is 3.58. The van der Waals surface area contributed by atoms with Gasteiger partial charge >= 0.3 is 0 Å². The van der Waals surface area contributed by atoms with Gasteiger partial charge in [-0.15, -0.1) is 0 Å². The topological polar surface area (TPSA) is 81.2 Å². The fraction of sp³-hybridized carbons (Fsp3) is 0.0909. The number of ether oxygens (including phenoxy) is 1. The molecule has 6 nitrogen and oxygen atoms in total. The molecule has 0 aliphatic rings. The molecule has 2 rings (SSSR count). The van der Waals surface area contributed by atoms with Crippen LogP contribution in [-0.2, 0) is 10.0 Å². The molecule has 0 atom stereocenters. The van der Waals surface area contributed by atoms with Crippen LogP contribution in [0.5, 0.6) is 5.75 Å². The molecule has 0 aliphatic carbocycles. The minimum atomic E-state index is -3.90. The lowest BCUT2D eigenvalue weighted by Gasteiger charge is -2.11. The Bertz CT molecular complexity index is 737. The van der Waals surface area contributed by atoms with Gasteiger partial charge in [0.25, 0.3) is 10.0 Å². The highest BCUT2D eigenvalue weighted by molar-refractivity contribution is 7.92. The van der Waals surface area contributed by atoms with E-state index >= 15 is 0 Å². The number of rotatable bonds is 4. The Morgan fingerprint density at radius 2 is 1.90 bits per heavy atom. The van der Waals surface area contributed by atoms with E-state index in [2.05, 4.69) is 14.7 Å². The maximum Gasteiger partial charge on any atom is 0.266 e. The lowest BCUT2D eigenvalue weighted by molar-refractivity contribution is 0.403. The molecule has 2 aromatic rings. The Morgan fingerprint density at radius 3 is 2.60 bits per heavy atom. The van der Waals surface area contributed by atoms with Gasteiger partial charge in [0, 0.05) is 0 Å². The molecule has 106 valence electrons. The fourth-order valence-electron chi connectivity index (χ4n) is 1.44. The smallest absolute Gasteiger partial charge is 0.266 e. The normalized spacial score (nSPS) is 11.2. The maximum atomic E-state index is 12.3. The van der Waals surface area contributed by atoms with Crippen molar-refractivity contribution in [1.29, 1.82) is 0 Å². The number of hydrogen-bond donors (Lipinski definition) is 1. The van der Waals surface area contributed by atoms with Crippen LogP contribution in [-0.4, -0.2) is 25.5 Å². The highest BCUT2D eigenvalue weighted by Gasteiger charge is 2.21. The number of nitrogens with one attached hydrogen (secondary N) is 1. The Balaban J connectivity index is 2.44. The Labute approximate surface area is 125 Å². The predicted molar refractivity (Wildman–Crippen MR) is 75.9 cm³/mol. The molecule has 0 radical (unpaired) electrons. The van der Waals surface area contributed by atoms with Crippen molar-refractivity contribution in [3.05, 3.63) is 40.8 Å². The van der Waals surface area contributed by atoms with Crippen LogP contribution in [0.4, 0.5) is 5.82 Å². The number of hydrogen-bond acceptors (Lipinski definition) is 5. The van der Waals surface area contributed by atoms with Crippen LogP contribution < -0.4 is 9.46 Å². The molecular formula is C11H9Cl2N3O3S. The molecule has 0 saturated carbocycles. The number of methoxy groups -OCH3 is 1. The summed E-state index contributed by atoms with van der Waals surface area (Å²) < 4.78 is 31.8. The average Bonchev–Trinajstić information content (AvgIpc) is 2.43. The summed E-state index contributed by atoms with van der Waals surface area (Å²) in [4.78, 5) is 7.35. The van der Waals surface area contributed by atoms with Crippen molar-refractivity contribution in [1.82, 2.24) is 9.97 Å². The van der Waals surface area contributed by atoms with Gasteiger partial charge in [-0.3, -0.25) is 4.72 Å². The van der Waals surface area contributed by atoms with Crippen molar-refractivity contribution >= 4 is 39.0 Å². The highest BCUT2D eigenvalue weighted by Crippen LogP contribution is 2.29. The standard InChI is InChI=1S/C11H9Cl2N3O3S/c1-19-7-4-2-3-5-8(7)20(17,18)16-11-9(12)10(13)14-6-15-11/h2-6H,1H3,(H,14,15,16). The summed E-state index contributed by atoms with van der Waals surface area (Å²) >= 11 is 11.5. The second-order valence-corrected chi connectivity index (χ2v) is 5.97. The third-order valence-corrected chi connectivity index (χ3v) is 4.46. The minimum absolute atomic E-state index is 0.0340. The summed E-state index contributed by atoms with van der Waals surface area (Å²) in [6, 6.07) is 6.17.